The molecule has 2 rings (SSSR count). The Kier molecular flexibility index (Phi) is 4.32. The van der Waals surface area contributed by atoms with Gasteiger partial charge in [0.2, 0.25) is 0 Å². The molecule has 2 heterocycles. The Morgan fingerprint density at radius 3 is 2.50 bits per heavy atom. The Morgan fingerprint density at radius 1 is 1.30 bits per heavy atom. The fourth-order valence-electron chi connectivity index (χ4n) is 2.51. The average molecular weight is 276 g/mol. The third kappa shape index (κ3) is 2.50. The van der Waals surface area contributed by atoms with Crippen LogP contribution in [0.5, 0.6) is 0 Å². The second-order valence-electron chi connectivity index (χ2n) is 4.95. The molecule has 0 aromatic carbocycles. The van der Waals surface area contributed by atoms with Crippen LogP contribution >= 0.6 is 0 Å². The first-order chi connectivity index (χ1) is 9.62. The molecule has 2 aromatic rings. The van der Waals surface area contributed by atoms with Gasteiger partial charge in [0.1, 0.15) is 11.5 Å². The lowest BCUT2D eigenvalue weighted by molar-refractivity contribution is 0.111. The molecule has 0 saturated heterocycles. The molecule has 0 unspecified atom stereocenters. The zero-order chi connectivity index (χ0) is 14.7. The molecule has 0 N–H and O–H groups in total. The Hall–Kier alpha value is -1.98. The second kappa shape index (κ2) is 5.98. The van der Waals surface area contributed by atoms with Gasteiger partial charge in [0.25, 0.3) is 0 Å². The van der Waals surface area contributed by atoms with Crippen LogP contribution in [0.15, 0.2) is 4.52 Å². The molecule has 6 heteroatoms. The van der Waals surface area contributed by atoms with Crippen LogP contribution in [-0.2, 0) is 6.54 Å². The highest BCUT2D eigenvalue weighted by Gasteiger charge is 2.21. The first-order valence-electron chi connectivity index (χ1n) is 6.92. The van der Waals surface area contributed by atoms with E-state index >= 15 is 0 Å². The summed E-state index contributed by atoms with van der Waals surface area (Å²) in [4.78, 5) is 11.2. The monoisotopic (exact) mass is 276 g/mol. The van der Waals surface area contributed by atoms with Gasteiger partial charge >= 0.3 is 0 Å². The standard InChI is InChI=1S/C14H20N4O2/c1-5-11(6-2)14-13(8-19)15-17-18(14)7-12-9(3)16-20-10(12)4/h8,11H,5-7H2,1-4H3. The van der Waals surface area contributed by atoms with E-state index < -0.39 is 0 Å². The summed E-state index contributed by atoms with van der Waals surface area (Å²) in [5, 5.41) is 12.1. The van der Waals surface area contributed by atoms with Gasteiger partial charge in [-0.2, -0.15) is 0 Å². The molecule has 0 amide bonds. The first-order valence-corrected chi connectivity index (χ1v) is 6.92. The van der Waals surface area contributed by atoms with E-state index in [0.29, 0.717) is 12.2 Å². The number of nitrogens with zero attached hydrogens (tertiary/aromatic N) is 4. The molecule has 0 atom stereocenters. The van der Waals surface area contributed by atoms with Crippen LogP contribution in [0.2, 0.25) is 0 Å². The lowest BCUT2D eigenvalue weighted by Crippen LogP contribution is -2.12. The van der Waals surface area contributed by atoms with Crippen molar-refractivity contribution in [2.75, 3.05) is 0 Å². The minimum absolute atomic E-state index is 0.283. The van der Waals surface area contributed by atoms with Crippen molar-refractivity contribution in [3.05, 3.63) is 28.4 Å². The Morgan fingerprint density at radius 2 is 2.00 bits per heavy atom. The van der Waals surface area contributed by atoms with Crippen molar-refractivity contribution in [3.63, 3.8) is 0 Å². The van der Waals surface area contributed by atoms with Gasteiger partial charge in [-0.3, -0.25) is 4.79 Å². The molecule has 20 heavy (non-hydrogen) atoms. The maximum Gasteiger partial charge on any atom is 0.172 e. The molecule has 108 valence electrons. The van der Waals surface area contributed by atoms with Crippen LogP contribution in [0.1, 0.15) is 65.8 Å². The molecule has 0 saturated carbocycles. The fraction of sp³-hybridized carbons (Fsp3) is 0.571. The quantitative estimate of drug-likeness (QED) is 0.758. The van der Waals surface area contributed by atoms with Gasteiger partial charge in [-0.15, -0.1) is 5.10 Å². The van der Waals surface area contributed by atoms with Crippen LogP contribution in [0.3, 0.4) is 0 Å². The van der Waals surface area contributed by atoms with E-state index in [4.69, 9.17) is 4.52 Å². The van der Waals surface area contributed by atoms with Crippen molar-refractivity contribution >= 4 is 6.29 Å². The molecule has 0 aliphatic heterocycles. The number of carbonyl (C=O) groups is 1. The SMILES string of the molecule is CCC(CC)c1c(C=O)nnn1Cc1c(C)noc1C. The van der Waals surface area contributed by atoms with Crippen molar-refractivity contribution in [3.8, 4) is 0 Å². The van der Waals surface area contributed by atoms with Gasteiger partial charge in [-0.1, -0.05) is 24.2 Å². The zero-order valence-corrected chi connectivity index (χ0v) is 12.4. The Bertz CT molecular complexity index is 577. The average Bonchev–Trinajstić information content (AvgIpc) is 2.99. The van der Waals surface area contributed by atoms with Crippen molar-refractivity contribution < 1.29 is 9.32 Å². The molecular formula is C14H20N4O2. The number of rotatable bonds is 6. The zero-order valence-electron chi connectivity index (χ0n) is 12.4. The Labute approximate surface area is 118 Å². The maximum atomic E-state index is 11.2. The summed E-state index contributed by atoms with van der Waals surface area (Å²) >= 11 is 0. The van der Waals surface area contributed by atoms with E-state index in [1.807, 2.05) is 13.8 Å². The highest BCUT2D eigenvalue weighted by molar-refractivity contribution is 5.73. The second-order valence-corrected chi connectivity index (χ2v) is 4.95. The number of aryl methyl sites for hydroxylation is 2. The topological polar surface area (TPSA) is 73.8 Å². The molecule has 2 aromatic heterocycles. The van der Waals surface area contributed by atoms with Crippen LogP contribution in [0.25, 0.3) is 0 Å². The van der Waals surface area contributed by atoms with E-state index in [-0.39, 0.29) is 5.92 Å². The summed E-state index contributed by atoms with van der Waals surface area (Å²) in [6.07, 6.45) is 2.68. The molecule has 0 bridgehead atoms. The van der Waals surface area contributed by atoms with Crippen LogP contribution < -0.4 is 0 Å². The predicted octanol–water partition coefficient (Wildman–Crippen LogP) is 2.65. The van der Waals surface area contributed by atoms with Gasteiger partial charge in [0, 0.05) is 11.5 Å². The van der Waals surface area contributed by atoms with E-state index in [9.17, 15) is 4.79 Å². The molecule has 0 fully saturated rings. The number of hydrogen-bond acceptors (Lipinski definition) is 5. The first kappa shape index (κ1) is 14.4. The van der Waals surface area contributed by atoms with Crippen molar-refractivity contribution in [1.82, 2.24) is 20.2 Å². The minimum Gasteiger partial charge on any atom is -0.361 e. The van der Waals surface area contributed by atoms with Gasteiger partial charge in [-0.25, -0.2) is 4.68 Å². The van der Waals surface area contributed by atoms with Crippen molar-refractivity contribution in [1.29, 1.82) is 0 Å². The van der Waals surface area contributed by atoms with E-state index in [1.54, 1.807) is 4.68 Å². The number of aldehydes is 1. The summed E-state index contributed by atoms with van der Waals surface area (Å²) in [6, 6.07) is 0. The van der Waals surface area contributed by atoms with Crippen molar-refractivity contribution in [2.45, 2.75) is 53.0 Å². The van der Waals surface area contributed by atoms with Crippen LogP contribution in [0.4, 0.5) is 0 Å². The third-order valence-electron chi connectivity index (χ3n) is 3.77. The third-order valence-corrected chi connectivity index (χ3v) is 3.77. The van der Waals surface area contributed by atoms with Crippen LogP contribution in [0, 0.1) is 13.8 Å². The van der Waals surface area contributed by atoms with E-state index in [1.165, 1.54) is 0 Å². The number of aromatic nitrogens is 4. The largest absolute Gasteiger partial charge is 0.361 e. The normalized spacial score (nSPS) is 11.2. The summed E-state index contributed by atoms with van der Waals surface area (Å²) in [7, 11) is 0. The predicted molar refractivity (Wildman–Crippen MR) is 73.8 cm³/mol. The Balaban J connectivity index is 2.42. The molecule has 0 radical (unpaired) electrons. The summed E-state index contributed by atoms with van der Waals surface area (Å²) in [5.41, 5.74) is 3.19. The van der Waals surface area contributed by atoms with Gasteiger partial charge in [0.15, 0.2) is 6.29 Å². The summed E-state index contributed by atoms with van der Waals surface area (Å²) < 4.78 is 6.97. The molecule has 6 nitrogen and oxygen atoms in total. The molecular weight excluding hydrogens is 256 g/mol. The number of carbonyl (C=O) groups excluding carboxylic acids is 1. The van der Waals surface area contributed by atoms with Crippen molar-refractivity contribution in [2.24, 2.45) is 0 Å². The summed E-state index contributed by atoms with van der Waals surface area (Å²) in [5.74, 6) is 1.06. The number of hydrogen-bond donors (Lipinski definition) is 0. The highest BCUT2D eigenvalue weighted by atomic mass is 16.5. The van der Waals surface area contributed by atoms with E-state index in [0.717, 1.165) is 41.8 Å². The minimum atomic E-state index is 0.283. The smallest absolute Gasteiger partial charge is 0.172 e. The lowest BCUT2D eigenvalue weighted by atomic mass is 9.97. The van der Waals surface area contributed by atoms with Gasteiger partial charge < -0.3 is 4.52 Å². The van der Waals surface area contributed by atoms with Crippen LogP contribution in [-0.4, -0.2) is 26.4 Å². The maximum absolute atomic E-state index is 11.2. The van der Waals surface area contributed by atoms with Gasteiger partial charge in [-0.05, 0) is 26.7 Å². The molecule has 0 aliphatic carbocycles. The lowest BCUT2D eigenvalue weighted by Gasteiger charge is -2.14. The fourth-order valence-corrected chi connectivity index (χ4v) is 2.51. The molecule has 0 aliphatic rings. The molecule has 0 spiro atoms. The highest BCUT2D eigenvalue weighted by Crippen LogP contribution is 2.25. The summed E-state index contributed by atoms with van der Waals surface area (Å²) in [6.45, 7) is 8.53. The van der Waals surface area contributed by atoms with Gasteiger partial charge in [0.05, 0.1) is 17.9 Å². The van der Waals surface area contributed by atoms with E-state index in [2.05, 4.69) is 29.3 Å².